The van der Waals surface area contributed by atoms with Crippen molar-refractivity contribution in [3.05, 3.63) is 59.3 Å². The van der Waals surface area contributed by atoms with Gasteiger partial charge >= 0.3 is 12.1 Å². The zero-order valence-electron chi connectivity index (χ0n) is 13.7. The van der Waals surface area contributed by atoms with E-state index in [4.69, 9.17) is 9.84 Å². The second kappa shape index (κ2) is 6.36. The van der Waals surface area contributed by atoms with E-state index in [1.807, 2.05) is 30.3 Å². The number of hydrogen-bond donors (Lipinski definition) is 2. The van der Waals surface area contributed by atoms with Crippen molar-refractivity contribution in [1.29, 1.82) is 0 Å². The maximum absolute atomic E-state index is 11.7. The Morgan fingerprint density at radius 2 is 2.12 bits per heavy atom. The van der Waals surface area contributed by atoms with Crippen molar-refractivity contribution >= 4 is 40.8 Å². The minimum absolute atomic E-state index is 0.230. The number of aromatic nitrogens is 2. The van der Waals surface area contributed by atoms with E-state index in [-0.39, 0.29) is 11.7 Å². The predicted octanol–water partition coefficient (Wildman–Crippen LogP) is 3.39. The number of hydrogen-bond acceptors (Lipinski definition) is 4. The summed E-state index contributed by atoms with van der Waals surface area (Å²) in [7, 11) is 0. The number of carboxylic acid groups (broad SMARTS) is 1. The SMILES string of the molecule is O=C(O)c1cccc(/C=C/c2n[nH]c3ccc(N4CCOC4=O)cc23)c1. The van der Waals surface area contributed by atoms with Crippen molar-refractivity contribution in [3.8, 4) is 0 Å². The molecule has 3 aromatic rings. The monoisotopic (exact) mass is 349 g/mol. The Bertz CT molecular complexity index is 1040. The number of fused-ring (bicyclic) bond motifs is 1. The number of nitrogens with zero attached hydrogens (tertiary/aromatic N) is 2. The first-order valence-electron chi connectivity index (χ1n) is 8.06. The summed E-state index contributed by atoms with van der Waals surface area (Å²) >= 11 is 0. The topological polar surface area (TPSA) is 95.5 Å². The van der Waals surface area contributed by atoms with Gasteiger partial charge in [0.15, 0.2) is 0 Å². The number of aromatic amines is 1. The van der Waals surface area contributed by atoms with E-state index in [1.54, 1.807) is 29.2 Å². The Morgan fingerprint density at radius 1 is 1.23 bits per heavy atom. The van der Waals surface area contributed by atoms with Gasteiger partial charge in [-0.25, -0.2) is 9.59 Å². The van der Waals surface area contributed by atoms with E-state index >= 15 is 0 Å². The maximum atomic E-state index is 11.7. The maximum Gasteiger partial charge on any atom is 0.414 e. The van der Waals surface area contributed by atoms with Gasteiger partial charge in [-0.15, -0.1) is 0 Å². The fraction of sp³-hybridized carbons (Fsp3) is 0.105. The molecule has 2 heterocycles. The Labute approximate surface area is 148 Å². The fourth-order valence-corrected chi connectivity index (χ4v) is 2.90. The van der Waals surface area contributed by atoms with Crippen molar-refractivity contribution in [2.45, 2.75) is 0 Å². The first-order chi connectivity index (χ1) is 12.6. The zero-order chi connectivity index (χ0) is 18.1. The van der Waals surface area contributed by atoms with E-state index in [0.29, 0.717) is 18.8 Å². The molecule has 1 aliphatic heterocycles. The average Bonchev–Trinajstić information content (AvgIpc) is 3.25. The van der Waals surface area contributed by atoms with Crippen LogP contribution in [0.3, 0.4) is 0 Å². The number of cyclic esters (lactones) is 1. The largest absolute Gasteiger partial charge is 0.478 e. The normalized spacial score (nSPS) is 14.3. The second-order valence-corrected chi connectivity index (χ2v) is 5.87. The van der Waals surface area contributed by atoms with Gasteiger partial charge in [-0.2, -0.15) is 5.10 Å². The molecule has 0 aliphatic carbocycles. The Balaban J connectivity index is 1.67. The Kier molecular flexibility index (Phi) is 3.89. The van der Waals surface area contributed by atoms with Crippen molar-refractivity contribution in [3.63, 3.8) is 0 Å². The number of aromatic carboxylic acids is 1. The van der Waals surface area contributed by atoms with E-state index in [2.05, 4.69) is 10.2 Å². The van der Waals surface area contributed by atoms with Crippen LogP contribution in [-0.2, 0) is 4.74 Å². The third-order valence-corrected chi connectivity index (χ3v) is 4.22. The molecule has 130 valence electrons. The van der Waals surface area contributed by atoms with Crippen LogP contribution in [0.15, 0.2) is 42.5 Å². The predicted molar refractivity (Wildman–Crippen MR) is 97.1 cm³/mol. The van der Waals surface area contributed by atoms with Gasteiger partial charge in [0.05, 0.1) is 23.3 Å². The molecule has 2 N–H and O–H groups in total. The number of anilines is 1. The summed E-state index contributed by atoms with van der Waals surface area (Å²) in [5.41, 5.74) is 3.30. The molecule has 7 heteroatoms. The number of H-pyrrole nitrogens is 1. The van der Waals surface area contributed by atoms with Crippen LogP contribution >= 0.6 is 0 Å². The second-order valence-electron chi connectivity index (χ2n) is 5.87. The summed E-state index contributed by atoms with van der Waals surface area (Å²) in [6.07, 6.45) is 3.26. The van der Waals surface area contributed by atoms with Gasteiger partial charge < -0.3 is 9.84 Å². The number of carboxylic acids is 1. The molecule has 0 atom stereocenters. The highest BCUT2D eigenvalue weighted by molar-refractivity contribution is 5.96. The summed E-state index contributed by atoms with van der Waals surface area (Å²) in [5, 5.41) is 17.2. The zero-order valence-corrected chi connectivity index (χ0v) is 13.7. The van der Waals surface area contributed by atoms with Gasteiger partial charge in [0.2, 0.25) is 0 Å². The first-order valence-corrected chi connectivity index (χ1v) is 8.06. The van der Waals surface area contributed by atoms with Crippen LogP contribution in [0.5, 0.6) is 0 Å². The quantitative estimate of drug-likeness (QED) is 0.753. The van der Waals surface area contributed by atoms with Gasteiger partial charge in [0.25, 0.3) is 0 Å². The van der Waals surface area contributed by atoms with Crippen molar-refractivity contribution in [2.24, 2.45) is 0 Å². The molecule has 1 aliphatic rings. The molecule has 0 bridgehead atoms. The molecule has 2 aromatic carbocycles. The molecule has 1 amide bonds. The third kappa shape index (κ3) is 2.90. The first kappa shape index (κ1) is 15.9. The van der Waals surface area contributed by atoms with E-state index < -0.39 is 5.97 Å². The molecular weight excluding hydrogens is 334 g/mol. The van der Waals surface area contributed by atoms with E-state index in [0.717, 1.165) is 22.2 Å². The number of rotatable bonds is 4. The summed E-state index contributed by atoms with van der Waals surface area (Å²) in [5.74, 6) is -0.965. The van der Waals surface area contributed by atoms with Crippen LogP contribution < -0.4 is 4.90 Å². The molecule has 1 aromatic heterocycles. The van der Waals surface area contributed by atoms with Crippen molar-refractivity contribution in [1.82, 2.24) is 10.2 Å². The molecule has 4 rings (SSSR count). The third-order valence-electron chi connectivity index (χ3n) is 4.22. The molecular formula is C19H15N3O4. The van der Waals surface area contributed by atoms with Gasteiger partial charge in [-0.1, -0.05) is 18.2 Å². The van der Waals surface area contributed by atoms with Crippen molar-refractivity contribution < 1.29 is 19.4 Å². The summed E-state index contributed by atoms with van der Waals surface area (Å²) in [6, 6.07) is 12.3. The lowest BCUT2D eigenvalue weighted by Crippen LogP contribution is -2.23. The smallest absolute Gasteiger partial charge is 0.414 e. The fourth-order valence-electron chi connectivity index (χ4n) is 2.90. The van der Waals surface area contributed by atoms with Crippen LogP contribution in [0.4, 0.5) is 10.5 Å². The van der Waals surface area contributed by atoms with Gasteiger partial charge in [-0.05, 0) is 42.0 Å². The van der Waals surface area contributed by atoms with Crippen molar-refractivity contribution in [2.75, 3.05) is 18.1 Å². The van der Waals surface area contributed by atoms with Crippen LogP contribution in [0.1, 0.15) is 21.6 Å². The Hall–Kier alpha value is -3.61. The van der Waals surface area contributed by atoms with Crippen LogP contribution in [-0.4, -0.2) is 40.5 Å². The number of nitrogens with one attached hydrogen (secondary N) is 1. The average molecular weight is 349 g/mol. The highest BCUT2D eigenvalue weighted by Crippen LogP contribution is 2.26. The lowest BCUT2D eigenvalue weighted by Gasteiger charge is -2.12. The molecule has 0 saturated carbocycles. The highest BCUT2D eigenvalue weighted by atomic mass is 16.6. The number of ether oxygens (including phenoxy) is 1. The summed E-state index contributed by atoms with van der Waals surface area (Å²) < 4.78 is 4.98. The van der Waals surface area contributed by atoms with Gasteiger partial charge in [0, 0.05) is 11.1 Å². The number of carbonyl (C=O) groups is 2. The molecule has 26 heavy (non-hydrogen) atoms. The molecule has 7 nitrogen and oxygen atoms in total. The minimum atomic E-state index is -0.965. The van der Waals surface area contributed by atoms with Gasteiger partial charge in [-0.3, -0.25) is 10.00 Å². The number of carbonyl (C=O) groups excluding carboxylic acids is 1. The minimum Gasteiger partial charge on any atom is -0.478 e. The number of benzene rings is 2. The number of amides is 1. The molecule has 1 saturated heterocycles. The Morgan fingerprint density at radius 3 is 2.88 bits per heavy atom. The lowest BCUT2D eigenvalue weighted by atomic mass is 10.1. The van der Waals surface area contributed by atoms with E-state index in [1.165, 1.54) is 0 Å². The van der Waals surface area contributed by atoms with E-state index in [9.17, 15) is 9.59 Å². The molecule has 0 unspecified atom stereocenters. The van der Waals surface area contributed by atoms with Crippen LogP contribution in [0, 0.1) is 0 Å². The standard InChI is InChI=1S/C19H15N3O4/c23-18(24)13-3-1-2-12(10-13)4-6-16-15-11-14(5-7-17(15)21-20-16)22-8-9-26-19(22)25/h1-7,10-11H,8-9H2,(H,20,21)(H,23,24)/b6-4+. The van der Waals surface area contributed by atoms with Crippen LogP contribution in [0.2, 0.25) is 0 Å². The summed E-state index contributed by atoms with van der Waals surface area (Å²) in [4.78, 5) is 24.4. The molecule has 0 spiro atoms. The summed E-state index contributed by atoms with van der Waals surface area (Å²) in [6.45, 7) is 0.907. The molecule has 0 radical (unpaired) electrons. The van der Waals surface area contributed by atoms with Gasteiger partial charge in [0.1, 0.15) is 6.61 Å². The lowest BCUT2D eigenvalue weighted by molar-refractivity contribution is 0.0696. The van der Waals surface area contributed by atoms with Crippen LogP contribution in [0.25, 0.3) is 23.1 Å². The molecule has 1 fully saturated rings. The highest BCUT2D eigenvalue weighted by Gasteiger charge is 2.23.